The van der Waals surface area contributed by atoms with Gasteiger partial charge in [-0.2, -0.15) is 0 Å². The summed E-state index contributed by atoms with van der Waals surface area (Å²) in [5, 5.41) is 4.69. The summed E-state index contributed by atoms with van der Waals surface area (Å²) in [6.45, 7) is 8.18. The Bertz CT molecular complexity index is 737. The lowest BCUT2D eigenvalue weighted by molar-refractivity contribution is -0.156. The highest BCUT2D eigenvalue weighted by Crippen LogP contribution is 2.28. The van der Waals surface area contributed by atoms with Gasteiger partial charge in [-0.1, -0.05) is 18.2 Å². The number of carbonyl (C=O) groups is 3. The molecule has 0 unspecified atom stereocenters. The second kappa shape index (κ2) is 10.3. The molecule has 1 atom stereocenters. The molecule has 28 heavy (non-hydrogen) atoms. The monoisotopic (exact) mass is 392 g/mol. The fourth-order valence-electron chi connectivity index (χ4n) is 2.11. The average Bonchev–Trinajstić information content (AvgIpc) is 2.58. The van der Waals surface area contributed by atoms with Gasteiger partial charge in [-0.05, 0) is 52.3 Å². The smallest absolute Gasteiger partial charge is 0.344 e. The van der Waals surface area contributed by atoms with Crippen molar-refractivity contribution < 1.29 is 28.6 Å². The van der Waals surface area contributed by atoms with Crippen LogP contribution in [-0.2, 0) is 14.3 Å². The highest BCUT2D eigenvalue weighted by molar-refractivity contribution is 5.97. The number of urea groups is 1. The maximum atomic E-state index is 11.9. The van der Waals surface area contributed by atoms with E-state index in [0.29, 0.717) is 11.5 Å². The topological polar surface area (TPSA) is 103 Å². The van der Waals surface area contributed by atoms with E-state index in [1.807, 2.05) is 25.1 Å². The molecule has 0 aliphatic carbocycles. The van der Waals surface area contributed by atoms with Gasteiger partial charge in [0.15, 0.2) is 24.2 Å². The lowest BCUT2D eigenvalue weighted by Gasteiger charge is -2.21. The predicted octanol–water partition coefficient (Wildman–Crippen LogP) is 2.66. The van der Waals surface area contributed by atoms with E-state index in [4.69, 9.17) is 14.2 Å². The van der Waals surface area contributed by atoms with Crippen LogP contribution in [0.15, 0.2) is 24.3 Å². The van der Waals surface area contributed by atoms with Gasteiger partial charge in [0.2, 0.25) is 0 Å². The summed E-state index contributed by atoms with van der Waals surface area (Å²) >= 11 is 0. The minimum absolute atomic E-state index is 0.370. The van der Waals surface area contributed by atoms with E-state index in [-0.39, 0.29) is 0 Å². The van der Waals surface area contributed by atoms with Crippen LogP contribution >= 0.6 is 0 Å². The molecule has 0 fully saturated rings. The Morgan fingerprint density at radius 3 is 2.43 bits per heavy atom. The molecule has 0 saturated heterocycles. The van der Waals surface area contributed by atoms with Gasteiger partial charge < -0.3 is 19.5 Å². The van der Waals surface area contributed by atoms with Gasteiger partial charge in [0.1, 0.15) is 0 Å². The van der Waals surface area contributed by atoms with Gasteiger partial charge in [0.05, 0.1) is 7.11 Å². The first-order chi connectivity index (χ1) is 13.1. The van der Waals surface area contributed by atoms with E-state index in [1.165, 1.54) is 14.0 Å². The Hall–Kier alpha value is -3.03. The van der Waals surface area contributed by atoms with Crippen molar-refractivity contribution in [3.05, 3.63) is 29.8 Å². The fraction of sp³-hybridized carbons (Fsp3) is 0.450. The summed E-state index contributed by atoms with van der Waals surface area (Å²) < 4.78 is 15.7. The molecule has 0 heterocycles. The quantitative estimate of drug-likeness (QED) is 0.692. The number of hydrogen-bond donors (Lipinski definition) is 2. The van der Waals surface area contributed by atoms with Gasteiger partial charge in [-0.25, -0.2) is 9.59 Å². The number of carbonyl (C=O) groups excluding carboxylic acids is 3. The minimum atomic E-state index is -1.15. The van der Waals surface area contributed by atoms with Crippen LogP contribution in [0.5, 0.6) is 11.5 Å². The SMILES string of the molecule is C/C=C/c1ccc(OCC(=O)O[C@H](C)C(=O)NC(=O)NC(C)(C)C)c(OC)c1. The maximum absolute atomic E-state index is 11.9. The van der Waals surface area contributed by atoms with Crippen LogP contribution in [0.4, 0.5) is 4.79 Å². The van der Waals surface area contributed by atoms with Crippen molar-refractivity contribution in [2.75, 3.05) is 13.7 Å². The van der Waals surface area contributed by atoms with Crippen molar-refractivity contribution in [2.45, 2.75) is 46.3 Å². The second-order valence-corrected chi connectivity index (χ2v) is 7.02. The number of nitrogens with one attached hydrogen (secondary N) is 2. The third-order valence-corrected chi connectivity index (χ3v) is 3.30. The van der Waals surface area contributed by atoms with Crippen molar-refractivity contribution in [3.8, 4) is 11.5 Å². The van der Waals surface area contributed by atoms with Gasteiger partial charge in [-0.15, -0.1) is 0 Å². The molecule has 0 radical (unpaired) electrons. The van der Waals surface area contributed by atoms with E-state index in [1.54, 1.807) is 32.9 Å². The first-order valence-electron chi connectivity index (χ1n) is 8.81. The average molecular weight is 392 g/mol. The molecule has 0 aromatic heterocycles. The maximum Gasteiger partial charge on any atom is 0.344 e. The zero-order chi connectivity index (χ0) is 21.3. The number of imide groups is 1. The molecule has 154 valence electrons. The number of methoxy groups -OCH3 is 1. The molecular formula is C20H28N2O6. The van der Waals surface area contributed by atoms with Gasteiger partial charge in [-0.3, -0.25) is 10.1 Å². The molecule has 8 heteroatoms. The van der Waals surface area contributed by atoms with Crippen LogP contribution < -0.4 is 20.1 Å². The number of rotatable bonds is 7. The van der Waals surface area contributed by atoms with Crippen molar-refractivity contribution in [1.82, 2.24) is 10.6 Å². The largest absolute Gasteiger partial charge is 0.493 e. The first-order valence-corrected chi connectivity index (χ1v) is 8.81. The Labute approximate surface area is 165 Å². The molecule has 1 aromatic rings. The molecular weight excluding hydrogens is 364 g/mol. The molecule has 8 nitrogen and oxygen atoms in total. The molecule has 0 bridgehead atoms. The first kappa shape index (κ1) is 23.0. The molecule has 0 saturated carbocycles. The summed E-state index contributed by atoms with van der Waals surface area (Å²) in [5.41, 5.74) is 0.424. The van der Waals surface area contributed by atoms with Crippen LogP contribution in [0.1, 0.15) is 40.2 Å². The zero-order valence-corrected chi connectivity index (χ0v) is 17.1. The highest BCUT2D eigenvalue weighted by Gasteiger charge is 2.22. The van der Waals surface area contributed by atoms with E-state index >= 15 is 0 Å². The van der Waals surface area contributed by atoms with E-state index in [0.717, 1.165) is 5.56 Å². The summed E-state index contributed by atoms with van der Waals surface area (Å²) in [6.07, 6.45) is 2.64. The normalized spacial score (nSPS) is 12.2. The molecule has 1 rings (SSSR count). The molecule has 0 aliphatic rings. The number of esters is 1. The molecule has 0 spiro atoms. The van der Waals surface area contributed by atoms with Crippen LogP contribution in [0, 0.1) is 0 Å². The fourth-order valence-corrected chi connectivity index (χ4v) is 2.11. The van der Waals surface area contributed by atoms with E-state index in [9.17, 15) is 14.4 Å². The Balaban J connectivity index is 2.56. The highest BCUT2D eigenvalue weighted by atomic mass is 16.6. The minimum Gasteiger partial charge on any atom is -0.493 e. The number of hydrogen-bond acceptors (Lipinski definition) is 6. The van der Waals surface area contributed by atoms with Crippen LogP contribution in [-0.4, -0.2) is 43.3 Å². The molecule has 0 aliphatic heterocycles. The lowest BCUT2D eigenvalue weighted by atomic mass is 10.1. The standard InChI is InChI=1S/C20H28N2O6/c1-7-8-14-9-10-15(16(11-14)26-6)27-12-17(23)28-13(2)18(24)21-19(25)22-20(3,4)5/h7-11,13H,12H2,1-6H3,(H2,21,22,24,25)/b8-7+/t13-/m1/s1. The van der Waals surface area contributed by atoms with Crippen LogP contribution in [0.2, 0.25) is 0 Å². The summed E-state index contributed by atoms with van der Waals surface area (Å²) in [6, 6.07) is 4.59. The number of amides is 3. The Morgan fingerprint density at radius 2 is 1.86 bits per heavy atom. The third kappa shape index (κ3) is 8.11. The summed E-state index contributed by atoms with van der Waals surface area (Å²) in [7, 11) is 1.50. The summed E-state index contributed by atoms with van der Waals surface area (Å²) in [4.78, 5) is 35.6. The lowest BCUT2D eigenvalue weighted by Crippen LogP contribution is -2.50. The predicted molar refractivity (Wildman–Crippen MR) is 105 cm³/mol. The number of benzene rings is 1. The van der Waals surface area contributed by atoms with Crippen LogP contribution in [0.3, 0.4) is 0 Å². The van der Waals surface area contributed by atoms with E-state index in [2.05, 4.69) is 10.6 Å². The van der Waals surface area contributed by atoms with Crippen molar-refractivity contribution >= 4 is 24.0 Å². The van der Waals surface area contributed by atoms with Gasteiger partial charge in [0, 0.05) is 5.54 Å². The van der Waals surface area contributed by atoms with E-state index < -0.39 is 36.2 Å². The van der Waals surface area contributed by atoms with Crippen molar-refractivity contribution in [1.29, 1.82) is 0 Å². The Morgan fingerprint density at radius 1 is 1.18 bits per heavy atom. The Kier molecular flexibility index (Phi) is 8.50. The molecule has 2 N–H and O–H groups in total. The van der Waals surface area contributed by atoms with Gasteiger partial charge in [0.25, 0.3) is 5.91 Å². The molecule has 3 amide bonds. The van der Waals surface area contributed by atoms with Gasteiger partial charge >= 0.3 is 12.0 Å². The zero-order valence-electron chi connectivity index (χ0n) is 17.1. The van der Waals surface area contributed by atoms with Crippen LogP contribution in [0.25, 0.3) is 6.08 Å². The number of allylic oxidation sites excluding steroid dienone is 1. The molecule has 1 aromatic carbocycles. The third-order valence-electron chi connectivity index (χ3n) is 3.30. The second-order valence-electron chi connectivity index (χ2n) is 7.02. The summed E-state index contributed by atoms with van der Waals surface area (Å²) in [5.74, 6) is -0.649. The van der Waals surface area contributed by atoms with Crippen molar-refractivity contribution in [2.24, 2.45) is 0 Å². The number of ether oxygens (including phenoxy) is 3. The van der Waals surface area contributed by atoms with Crippen molar-refractivity contribution in [3.63, 3.8) is 0 Å².